The molecule has 0 aromatic heterocycles. The zero-order chi connectivity index (χ0) is 33.6. The molecule has 0 bridgehead atoms. The number of Topliss-reactive ketones (excluding diaryl/α,β-unsaturated/α-hetero) is 1. The predicted octanol–water partition coefficient (Wildman–Crippen LogP) is 2.07. The third-order valence-electron chi connectivity index (χ3n) is 7.28. The molecule has 244 valence electrons. The van der Waals surface area contributed by atoms with Crippen molar-refractivity contribution >= 4 is 35.9 Å². The first-order valence-electron chi connectivity index (χ1n) is 14.7. The highest BCUT2D eigenvalue weighted by molar-refractivity contribution is 6.17. The Morgan fingerprint density at radius 1 is 1.00 bits per heavy atom. The summed E-state index contributed by atoms with van der Waals surface area (Å²) in [6, 6.07) is 11.6. The third-order valence-corrected chi connectivity index (χ3v) is 7.28. The standard InChI is InChI=1S/C32H42N4O9/c1-21(2)28(34)29(42)36(31(44)45-20-23-8-4-3-5-9-23)32(16-6-7-17-33,30(43)35-24(19-37)18-27(40)41)26(39)15-12-22-10-13-25(38)14-11-22/h3-5,8-11,13-14,19,21,24,28,38H,6-7,12,15-18,20,33-34H2,1-2H3,(H,35,43)(H,40,41)/t24?,28-,32+/m0/s1. The quantitative estimate of drug-likeness (QED) is 0.0916. The molecule has 0 aliphatic carbocycles. The number of aliphatic carboxylic acids is 1. The van der Waals surface area contributed by atoms with Gasteiger partial charge in [0, 0.05) is 6.42 Å². The second-order valence-corrected chi connectivity index (χ2v) is 11.0. The fraction of sp³-hybridized carbons (Fsp3) is 0.438. The van der Waals surface area contributed by atoms with Gasteiger partial charge in [0.05, 0.1) is 18.5 Å². The molecule has 45 heavy (non-hydrogen) atoms. The number of nitrogens with one attached hydrogen (secondary N) is 1. The molecule has 3 atom stereocenters. The number of amides is 3. The number of aldehydes is 1. The first-order chi connectivity index (χ1) is 21.4. The minimum Gasteiger partial charge on any atom is -0.508 e. The van der Waals surface area contributed by atoms with Crippen molar-refractivity contribution in [3.05, 3.63) is 65.7 Å². The fourth-order valence-corrected chi connectivity index (χ4v) is 4.63. The van der Waals surface area contributed by atoms with Crippen molar-refractivity contribution in [3.63, 3.8) is 0 Å². The Hall–Kier alpha value is -4.62. The number of imide groups is 1. The summed E-state index contributed by atoms with van der Waals surface area (Å²) in [5, 5.41) is 21.2. The van der Waals surface area contributed by atoms with Crippen molar-refractivity contribution in [1.82, 2.24) is 10.2 Å². The average molecular weight is 627 g/mol. The van der Waals surface area contributed by atoms with E-state index in [9.17, 15) is 39.0 Å². The lowest BCUT2D eigenvalue weighted by Gasteiger charge is -2.41. The third kappa shape index (κ3) is 10.2. The number of benzene rings is 2. The normalized spacial score (nSPS) is 13.6. The van der Waals surface area contributed by atoms with Crippen LogP contribution in [0.4, 0.5) is 4.79 Å². The smallest absolute Gasteiger partial charge is 0.418 e. The Morgan fingerprint density at radius 2 is 1.64 bits per heavy atom. The van der Waals surface area contributed by atoms with Crippen molar-refractivity contribution in [2.45, 2.75) is 76.6 Å². The van der Waals surface area contributed by atoms with Gasteiger partial charge in [-0.15, -0.1) is 0 Å². The van der Waals surface area contributed by atoms with Gasteiger partial charge in [-0.05, 0) is 61.4 Å². The predicted molar refractivity (Wildman–Crippen MR) is 164 cm³/mol. The second kappa shape index (κ2) is 17.6. The number of ketones is 1. The number of aryl methyl sites for hydroxylation is 1. The summed E-state index contributed by atoms with van der Waals surface area (Å²) in [5.41, 5.74) is 10.5. The van der Waals surface area contributed by atoms with Gasteiger partial charge in [-0.25, -0.2) is 9.69 Å². The molecule has 0 fully saturated rings. The van der Waals surface area contributed by atoms with Gasteiger partial charge in [0.15, 0.2) is 11.3 Å². The van der Waals surface area contributed by atoms with Gasteiger partial charge in [-0.1, -0.05) is 56.3 Å². The number of nitrogens with two attached hydrogens (primary N) is 2. The molecule has 2 rings (SSSR count). The highest BCUT2D eigenvalue weighted by Gasteiger charge is 2.56. The van der Waals surface area contributed by atoms with E-state index in [0.29, 0.717) is 22.4 Å². The minimum absolute atomic E-state index is 0.000438. The fourth-order valence-electron chi connectivity index (χ4n) is 4.63. The van der Waals surface area contributed by atoms with Crippen LogP contribution in [-0.2, 0) is 41.7 Å². The summed E-state index contributed by atoms with van der Waals surface area (Å²) >= 11 is 0. The molecular formula is C32H42N4O9. The number of ether oxygens (including phenoxy) is 1. The number of nitrogens with zero attached hydrogens (tertiary/aromatic N) is 1. The largest absolute Gasteiger partial charge is 0.508 e. The van der Waals surface area contributed by atoms with Crippen LogP contribution in [0.3, 0.4) is 0 Å². The van der Waals surface area contributed by atoms with Crippen molar-refractivity contribution < 1.29 is 43.7 Å². The molecule has 7 N–H and O–H groups in total. The number of rotatable bonds is 18. The molecule has 13 nitrogen and oxygen atoms in total. The Morgan fingerprint density at radius 3 is 2.20 bits per heavy atom. The monoisotopic (exact) mass is 626 g/mol. The Bertz CT molecular complexity index is 1320. The molecule has 0 saturated carbocycles. The summed E-state index contributed by atoms with van der Waals surface area (Å²) < 4.78 is 5.49. The molecule has 0 spiro atoms. The van der Waals surface area contributed by atoms with E-state index in [0.717, 1.165) is 0 Å². The SMILES string of the molecule is CC(C)[C@H](N)C(=O)N(C(=O)OCc1ccccc1)[C@](CCCCN)(C(=O)CCc1ccc(O)cc1)C(=O)NC(C=O)CC(=O)O. The first kappa shape index (κ1) is 36.6. The van der Waals surface area contributed by atoms with Gasteiger partial charge in [0.25, 0.3) is 5.91 Å². The topological polar surface area (TPSA) is 219 Å². The number of aromatic hydroxyl groups is 1. The lowest BCUT2D eigenvalue weighted by Crippen LogP contribution is -2.70. The average Bonchev–Trinajstić information content (AvgIpc) is 3.02. The number of carbonyl (C=O) groups is 6. The van der Waals surface area contributed by atoms with E-state index in [4.69, 9.17) is 16.2 Å². The van der Waals surface area contributed by atoms with E-state index in [-0.39, 0.29) is 44.4 Å². The van der Waals surface area contributed by atoms with Gasteiger partial charge in [-0.3, -0.25) is 19.2 Å². The van der Waals surface area contributed by atoms with Crippen LogP contribution in [0.25, 0.3) is 0 Å². The zero-order valence-corrected chi connectivity index (χ0v) is 25.5. The zero-order valence-electron chi connectivity index (χ0n) is 25.5. The van der Waals surface area contributed by atoms with E-state index in [1.807, 2.05) is 0 Å². The maximum absolute atomic E-state index is 14.4. The Kier molecular flexibility index (Phi) is 14.3. The molecule has 0 aliphatic heterocycles. The highest BCUT2D eigenvalue weighted by Crippen LogP contribution is 2.30. The summed E-state index contributed by atoms with van der Waals surface area (Å²) in [6.07, 6.45) is -2.27. The number of phenolic OH excluding ortho intramolecular Hbond substituents is 1. The maximum atomic E-state index is 14.4. The molecule has 2 aromatic carbocycles. The van der Waals surface area contributed by atoms with Crippen LogP contribution in [0, 0.1) is 5.92 Å². The van der Waals surface area contributed by atoms with Crippen LogP contribution < -0.4 is 16.8 Å². The highest BCUT2D eigenvalue weighted by atomic mass is 16.6. The number of unbranched alkanes of at least 4 members (excludes halogenated alkanes) is 1. The van der Waals surface area contributed by atoms with Gasteiger partial charge >= 0.3 is 12.1 Å². The van der Waals surface area contributed by atoms with Gasteiger partial charge in [0.1, 0.15) is 18.6 Å². The number of carboxylic acids is 1. The number of phenols is 1. The first-order valence-corrected chi connectivity index (χ1v) is 14.7. The molecule has 0 radical (unpaired) electrons. The number of hydrogen-bond donors (Lipinski definition) is 5. The van der Waals surface area contributed by atoms with Crippen LogP contribution in [0.15, 0.2) is 54.6 Å². The van der Waals surface area contributed by atoms with Gasteiger partial charge in [0.2, 0.25) is 5.91 Å². The van der Waals surface area contributed by atoms with Gasteiger partial charge < -0.3 is 36.5 Å². The van der Waals surface area contributed by atoms with Crippen LogP contribution in [0.2, 0.25) is 0 Å². The summed E-state index contributed by atoms with van der Waals surface area (Å²) in [7, 11) is 0. The van der Waals surface area contributed by atoms with E-state index in [2.05, 4.69) is 5.32 Å². The molecular weight excluding hydrogens is 584 g/mol. The molecule has 3 amide bonds. The van der Waals surface area contributed by atoms with Crippen LogP contribution in [0.1, 0.15) is 57.1 Å². The summed E-state index contributed by atoms with van der Waals surface area (Å²) in [5.74, 6) is -5.10. The van der Waals surface area contributed by atoms with Crippen molar-refractivity contribution in [3.8, 4) is 5.75 Å². The molecule has 13 heteroatoms. The second-order valence-electron chi connectivity index (χ2n) is 11.0. The van der Waals surface area contributed by atoms with Gasteiger partial charge in [-0.2, -0.15) is 0 Å². The number of carboxylic acid groups (broad SMARTS) is 1. The maximum Gasteiger partial charge on any atom is 0.418 e. The van der Waals surface area contributed by atoms with Crippen LogP contribution >= 0.6 is 0 Å². The molecule has 2 aromatic rings. The van der Waals surface area contributed by atoms with E-state index in [1.165, 1.54) is 12.1 Å². The van der Waals surface area contributed by atoms with Crippen molar-refractivity contribution in [2.75, 3.05) is 6.54 Å². The number of hydrogen-bond acceptors (Lipinski definition) is 10. The lowest BCUT2D eigenvalue weighted by molar-refractivity contribution is -0.156. The van der Waals surface area contributed by atoms with Crippen LogP contribution in [0.5, 0.6) is 5.75 Å². The Labute approximate surface area is 261 Å². The molecule has 0 heterocycles. The number of carbonyl (C=O) groups excluding carboxylic acids is 5. The van der Waals surface area contributed by atoms with E-state index < -0.39 is 66.0 Å². The van der Waals surface area contributed by atoms with Crippen molar-refractivity contribution in [2.24, 2.45) is 17.4 Å². The lowest BCUT2D eigenvalue weighted by atomic mass is 9.81. The summed E-state index contributed by atoms with van der Waals surface area (Å²) in [4.78, 5) is 80.1. The van der Waals surface area contributed by atoms with E-state index in [1.54, 1.807) is 56.3 Å². The van der Waals surface area contributed by atoms with Crippen molar-refractivity contribution in [1.29, 1.82) is 0 Å². The molecule has 0 saturated heterocycles. The Balaban J connectivity index is 2.73. The van der Waals surface area contributed by atoms with E-state index >= 15 is 0 Å². The summed E-state index contributed by atoms with van der Waals surface area (Å²) in [6.45, 7) is 3.09. The molecule has 1 unspecified atom stereocenters. The molecule has 0 aliphatic rings. The van der Waals surface area contributed by atoms with Crippen LogP contribution in [-0.4, -0.2) is 75.2 Å². The minimum atomic E-state index is -2.58.